The van der Waals surface area contributed by atoms with Crippen LogP contribution in [-0.2, 0) is 17.7 Å². The normalized spacial score (nSPS) is 15.4. The molecule has 0 atom stereocenters. The third kappa shape index (κ3) is 6.84. The van der Waals surface area contributed by atoms with Gasteiger partial charge in [0, 0.05) is 44.3 Å². The smallest absolute Gasteiger partial charge is 0.338 e. The molecule has 0 radical (unpaired) electrons. The van der Waals surface area contributed by atoms with E-state index >= 15 is 0 Å². The molecule has 1 saturated heterocycles. The first kappa shape index (κ1) is 21.8. The van der Waals surface area contributed by atoms with Crippen LogP contribution in [0.15, 0.2) is 48.5 Å². The van der Waals surface area contributed by atoms with Gasteiger partial charge in [-0.3, -0.25) is 4.90 Å². The van der Waals surface area contributed by atoms with E-state index < -0.39 is 0 Å². The van der Waals surface area contributed by atoms with Crippen LogP contribution in [0, 0.1) is 0 Å². The van der Waals surface area contributed by atoms with E-state index in [9.17, 15) is 4.79 Å². The van der Waals surface area contributed by atoms with Gasteiger partial charge in [-0.1, -0.05) is 55.3 Å². The second-order valence-electron chi connectivity index (χ2n) is 7.65. The zero-order chi connectivity index (χ0) is 20.5. The number of rotatable bonds is 9. The minimum Gasteiger partial charge on any atom is -0.462 e. The Morgan fingerprint density at radius 3 is 2.38 bits per heavy atom. The van der Waals surface area contributed by atoms with Crippen LogP contribution in [0.2, 0.25) is 5.02 Å². The van der Waals surface area contributed by atoms with Crippen LogP contribution in [0.25, 0.3) is 0 Å². The lowest BCUT2D eigenvalue weighted by atomic mass is 10.1. The molecule has 0 aliphatic carbocycles. The van der Waals surface area contributed by atoms with Crippen molar-refractivity contribution < 1.29 is 9.53 Å². The lowest BCUT2D eigenvalue weighted by Gasteiger charge is -2.34. The SMILES string of the molecule is CCCCOC(=O)c1ccc(CCN2CCN(Cc3ccccc3Cl)CC2)cc1. The lowest BCUT2D eigenvalue weighted by molar-refractivity contribution is 0.0499. The Balaban J connectivity index is 1.39. The molecule has 1 fully saturated rings. The van der Waals surface area contributed by atoms with E-state index in [1.807, 2.05) is 42.5 Å². The maximum absolute atomic E-state index is 12.0. The summed E-state index contributed by atoms with van der Waals surface area (Å²) in [5.74, 6) is -0.223. The highest BCUT2D eigenvalue weighted by Gasteiger charge is 2.17. The molecule has 0 saturated carbocycles. The molecule has 0 N–H and O–H groups in total. The average molecular weight is 415 g/mol. The molecule has 0 aromatic heterocycles. The zero-order valence-corrected chi connectivity index (χ0v) is 18.0. The number of unbranched alkanes of at least 4 members (excludes halogenated alkanes) is 1. The van der Waals surface area contributed by atoms with Crippen molar-refractivity contribution in [3.63, 3.8) is 0 Å². The van der Waals surface area contributed by atoms with Gasteiger partial charge in [-0.05, 0) is 42.2 Å². The molecule has 5 heteroatoms. The molecule has 1 aliphatic heterocycles. The molecule has 0 amide bonds. The van der Waals surface area contributed by atoms with Crippen LogP contribution in [-0.4, -0.2) is 55.1 Å². The topological polar surface area (TPSA) is 32.8 Å². The largest absolute Gasteiger partial charge is 0.462 e. The molecule has 0 unspecified atom stereocenters. The summed E-state index contributed by atoms with van der Waals surface area (Å²) in [7, 11) is 0. The molecule has 3 rings (SSSR count). The fraction of sp³-hybridized carbons (Fsp3) is 0.458. The highest BCUT2D eigenvalue weighted by atomic mass is 35.5. The van der Waals surface area contributed by atoms with Crippen molar-refractivity contribution >= 4 is 17.6 Å². The number of ether oxygens (including phenoxy) is 1. The summed E-state index contributed by atoms with van der Waals surface area (Å²) in [5, 5.41) is 0.854. The third-order valence-electron chi connectivity index (χ3n) is 5.45. The number of carbonyl (C=O) groups is 1. The molecule has 0 bridgehead atoms. The van der Waals surface area contributed by atoms with E-state index in [-0.39, 0.29) is 5.97 Å². The summed E-state index contributed by atoms with van der Waals surface area (Å²) in [6, 6.07) is 15.9. The Kier molecular flexibility index (Phi) is 8.53. The number of hydrogen-bond acceptors (Lipinski definition) is 4. The monoisotopic (exact) mass is 414 g/mol. The Hall–Kier alpha value is -1.88. The predicted octanol–water partition coefficient (Wildman–Crippen LogP) is 4.66. The molecule has 4 nitrogen and oxygen atoms in total. The van der Waals surface area contributed by atoms with Gasteiger partial charge in [0.2, 0.25) is 0 Å². The minimum atomic E-state index is -0.223. The number of halogens is 1. The van der Waals surface area contributed by atoms with Gasteiger partial charge >= 0.3 is 5.97 Å². The van der Waals surface area contributed by atoms with Crippen LogP contribution < -0.4 is 0 Å². The van der Waals surface area contributed by atoms with Gasteiger partial charge in [0.25, 0.3) is 0 Å². The Labute approximate surface area is 179 Å². The van der Waals surface area contributed by atoms with Crippen LogP contribution in [0.5, 0.6) is 0 Å². The molecule has 29 heavy (non-hydrogen) atoms. The van der Waals surface area contributed by atoms with Gasteiger partial charge in [0.05, 0.1) is 12.2 Å². The number of hydrogen-bond donors (Lipinski definition) is 0. The third-order valence-corrected chi connectivity index (χ3v) is 5.82. The molecule has 1 heterocycles. The second-order valence-corrected chi connectivity index (χ2v) is 8.05. The van der Waals surface area contributed by atoms with Gasteiger partial charge in [-0.2, -0.15) is 0 Å². The lowest BCUT2D eigenvalue weighted by Crippen LogP contribution is -2.46. The first-order valence-electron chi connectivity index (χ1n) is 10.6. The van der Waals surface area contributed by atoms with Crippen LogP contribution in [0.1, 0.15) is 41.3 Å². The highest BCUT2D eigenvalue weighted by molar-refractivity contribution is 6.31. The maximum atomic E-state index is 12.0. The number of piperazine rings is 1. The zero-order valence-electron chi connectivity index (χ0n) is 17.3. The van der Waals surface area contributed by atoms with Crippen molar-refractivity contribution in [2.45, 2.75) is 32.7 Å². The van der Waals surface area contributed by atoms with E-state index in [0.29, 0.717) is 12.2 Å². The van der Waals surface area contributed by atoms with Gasteiger partial charge in [0.1, 0.15) is 0 Å². The summed E-state index contributed by atoms with van der Waals surface area (Å²) in [4.78, 5) is 17.0. The Bertz CT molecular complexity index is 771. The van der Waals surface area contributed by atoms with E-state index in [4.69, 9.17) is 16.3 Å². The van der Waals surface area contributed by atoms with E-state index in [1.165, 1.54) is 11.1 Å². The van der Waals surface area contributed by atoms with Gasteiger partial charge < -0.3 is 9.64 Å². The first-order valence-corrected chi connectivity index (χ1v) is 11.0. The summed E-state index contributed by atoms with van der Waals surface area (Å²) in [5.41, 5.74) is 3.10. The minimum absolute atomic E-state index is 0.223. The van der Waals surface area contributed by atoms with Crippen molar-refractivity contribution in [1.82, 2.24) is 9.80 Å². The standard InChI is InChI=1S/C24H31ClN2O2/c1-2-3-18-29-24(28)21-10-8-20(9-11-21)12-13-26-14-16-27(17-15-26)19-22-6-4-5-7-23(22)25/h4-11H,2-3,12-19H2,1H3. The molecule has 2 aromatic carbocycles. The van der Waals surface area contributed by atoms with Crippen LogP contribution >= 0.6 is 11.6 Å². The summed E-state index contributed by atoms with van der Waals surface area (Å²) in [6.07, 6.45) is 2.94. The van der Waals surface area contributed by atoms with Crippen LogP contribution in [0.3, 0.4) is 0 Å². The van der Waals surface area contributed by atoms with Gasteiger partial charge in [-0.25, -0.2) is 4.79 Å². The predicted molar refractivity (Wildman–Crippen MR) is 119 cm³/mol. The highest BCUT2D eigenvalue weighted by Crippen LogP contribution is 2.18. The molecular formula is C24H31ClN2O2. The number of esters is 1. The summed E-state index contributed by atoms with van der Waals surface area (Å²) < 4.78 is 5.26. The van der Waals surface area contributed by atoms with Crippen molar-refractivity contribution in [1.29, 1.82) is 0 Å². The average Bonchev–Trinajstić information content (AvgIpc) is 2.75. The van der Waals surface area contributed by atoms with E-state index in [2.05, 4.69) is 22.8 Å². The molecule has 0 spiro atoms. The van der Waals surface area contributed by atoms with E-state index in [0.717, 1.165) is 63.6 Å². The van der Waals surface area contributed by atoms with Crippen LogP contribution in [0.4, 0.5) is 0 Å². The van der Waals surface area contributed by atoms with Crippen molar-refractivity contribution in [2.24, 2.45) is 0 Å². The summed E-state index contributed by atoms with van der Waals surface area (Å²) >= 11 is 6.29. The second kappa shape index (κ2) is 11.3. The number of nitrogens with zero attached hydrogens (tertiary/aromatic N) is 2. The number of benzene rings is 2. The molecule has 156 valence electrons. The quantitative estimate of drug-likeness (QED) is 0.441. The number of carbonyl (C=O) groups excluding carboxylic acids is 1. The molecule has 1 aliphatic rings. The van der Waals surface area contributed by atoms with Crippen molar-refractivity contribution in [3.05, 3.63) is 70.2 Å². The van der Waals surface area contributed by atoms with Gasteiger partial charge in [-0.15, -0.1) is 0 Å². The fourth-order valence-corrected chi connectivity index (χ4v) is 3.72. The van der Waals surface area contributed by atoms with Crippen molar-refractivity contribution in [2.75, 3.05) is 39.3 Å². The van der Waals surface area contributed by atoms with Crippen molar-refractivity contribution in [3.8, 4) is 0 Å². The molecule has 2 aromatic rings. The fourth-order valence-electron chi connectivity index (χ4n) is 3.53. The van der Waals surface area contributed by atoms with E-state index in [1.54, 1.807) is 0 Å². The Morgan fingerprint density at radius 2 is 1.69 bits per heavy atom. The Morgan fingerprint density at radius 1 is 1.00 bits per heavy atom. The first-order chi connectivity index (χ1) is 14.2. The molecular weight excluding hydrogens is 384 g/mol. The van der Waals surface area contributed by atoms with Gasteiger partial charge in [0.15, 0.2) is 0 Å². The summed E-state index contributed by atoms with van der Waals surface area (Å²) in [6.45, 7) is 8.82. The maximum Gasteiger partial charge on any atom is 0.338 e.